The van der Waals surface area contributed by atoms with Crippen LogP contribution in [0, 0.1) is 0 Å². The fourth-order valence-electron chi connectivity index (χ4n) is 2.81. The second kappa shape index (κ2) is 11.0. The molecule has 0 saturated heterocycles. The molecule has 3 aromatic rings. The van der Waals surface area contributed by atoms with E-state index in [-0.39, 0.29) is 21.7 Å². The van der Waals surface area contributed by atoms with E-state index in [1.807, 2.05) is 31.2 Å². The summed E-state index contributed by atoms with van der Waals surface area (Å²) in [6, 6.07) is 13.1. The topological polar surface area (TPSA) is 127 Å². The van der Waals surface area contributed by atoms with Crippen molar-refractivity contribution in [3.63, 3.8) is 0 Å². The van der Waals surface area contributed by atoms with Gasteiger partial charge in [0.25, 0.3) is 5.56 Å². The van der Waals surface area contributed by atoms with Gasteiger partial charge in [-0.1, -0.05) is 23.9 Å². The van der Waals surface area contributed by atoms with Crippen molar-refractivity contribution in [3.8, 4) is 11.5 Å². The highest BCUT2D eigenvalue weighted by molar-refractivity contribution is 7.99. The van der Waals surface area contributed by atoms with Gasteiger partial charge in [-0.05, 0) is 48.9 Å². The van der Waals surface area contributed by atoms with Crippen molar-refractivity contribution in [2.45, 2.75) is 28.4 Å². The molecule has 9 nitrogen and oxygen atoms in total. The van der Waals surface area contributed by atoms with Gasteiger partial charge >= 0.3 is 0 Å². The number of hydrogen-bond acceptors (Lipinski definition) is 8. The number of ether oxygens (including phenoxy) is 2. The predicted molar refractivity (Wildman–Crippen MR) is 123 cm³/mol. The standard InChI is InChI=1S/C22H23N3O6S2/c1-3-31-16-7-9-18(10-8-16)33(28,29)19-13-24-22(25-21(19)27)32-14-20(26)23-12-15-5-4-6-17(11-15)30-2/h4-11,13H,3,12,14H2,1-2H3,(H,23,26)(H,24,25,27). The molecule has 1 amide bonds. The number of benzene rings is 2. The Hall–Kier alpha value is -3.31. The first-order valence-electron chi connectivity index (χ1n) is 9.93. The molecular weight excluding hydrogens is 466 g/mol. The molecule has 33 heavy (non-hydrogen) atoms. The number of nitrogens with zero attached hydrogens (tertiary/aromatic N) is 1. The summed E-state index contributed by atoms with van der Waals surface area (Å²) in [5, 5.41) is 2.91. The molecule has 11 heteroatoms. The van der Waals surface area contributed by atoms with Crippen molar-refractivity contribution in [1.29, 1.82) is 0 Å². The van der Waals surface area contributed by atoms with E-state index >= 15 is 0 Å². The van der Waals surface area contributed by atoms with Gasteiger partial charge in [0.2, 0.25) is 15.7 Å². The van der Waals surface area contributed by atoms with Crippen LogP contribution in [0.3, 0.4) is 0 Å². The normalized spacial score (nSPS) is 11.1. The third kappa shape index (κ3) is 6.36. The summed E-state index contributed by atoms with van der Waals surface area (Å²) in [4.78, 5) is 30.4. The first-order chi connectivity index (χ1) is 15.8. The SMILES string of the molecule is CCOc1ccc(S(=O)(=O)c2cnc(SCC(=O)NCc3cccc(OC)c3)[nH]c2=O)cc1. The van der Waals surface area contributed by atoms with Gasteiger partial charge < -0.3 is 19.8 Å². The van der Waals surface area contributed by atoms with Crippen LogP contribution in [0.4, 0.5) is 0 Å². The number of carbonyl (C=O) groups is 1. The van der Waals surface area contributed by atoms with Crippen LogP contribution in [0.2, 0.25) is 0 Å². The van der Waals surface area contributed by atoms with E-state index in [0.717, 1.165) is 23.5 Å². The average Bonchev–Trinajstić information content (AvgIpc) is 2.82. The third-order valence-electron chi connectivity index (χ3n) is 4.44. The molecule has 3 rings (SSSR count). The summed E-state index contributed by atoms with van der Waals surface area (Å²) in [6.07, 6.45) is 1.00. The zero-order chi connectivity index (χ0) is 23.8. The number of thioether (sulfide) groups is 1. The number of carbonyl (C=O) groups excluding carboxylic acids is 1. The first-order valence-corrected chi connectivity index (χ1v) is 12.4. The van der Waals surface area contributed by atoms with Crippen LogP contribution in [-0.4, -0.2) is 43.8 Å². The highest BCUT2D eigenvalue weighted by Crippen LogP contribution is 2.21. The summed E-state index contributed by atoms with van der Waals surface area (Å²) in [7, 11) is -2.49. The van der Waals surface area contributed by atoms with Crippen LogP contribution < -0.4 is 20.3 Å². The molecule has 0 unspecified atom stereocenters. The Morgan fingerprint density at radius 2 is 1.91 bits per heavy atom. The smallest absolute Gasteiger partial charge is 0.270 e. The van der Waals surface area contributed by atoms with Crippen LogP contribution in [0.5, 0.6) is 11.5 Å². The molecule has 0 fully saturated rings. The van der Waals surface area contributed by atoms with Crippen LogP contribution in [0.1, 0.15) is 12.5 Å². The minimum atomic E-state index is -4.06. The summed E-state index contributed by atoms with van der Waals surface area (Å²) >= 11 is 0.993. The second-order valence-corrected chi connectivity index (χ2v) is 9.59. The molecule has 174 valence electrons. The van der Waals surface area contributed by atoms with E-state index in [2.05, 4.69) is 15.3 Å². The Kier molecular flexibility index (Phi) is 8.12. The van der Waals surface area contributed by atoms with E-state index in [1.165, 1.54) is 24.3 Å². The maximum atomic E-state index is 12.8. The van der Waals surface area contributed by atoms with Gasteiger partial charge in [-0.3, -0.25) is 9.59 Å². The molecule has 0 saturated carbocycles. The highest BCUT2D eigenvalue weighted by Gasteiger charge is 2.22. The Bertz CT molecular complexity index is 1270. The molecule has 2 N–H and O–H groups in total. The molecule has 0 spiro atoms. The molecular formula is C22H23N3O6S2. The maximum absolute atomic E-state index is 12.8. The molecule has 0 aliphatic rings. The summed E-state index contributed by atoms with van der Waals surface area (Å²) in [6.45, 7) is 2.59. The fraction of sp³-hybridized carbons (Fsp3) is 0.227. The van der Waals surface area contributed by atoms with Crippen LogP contribution >= 0.6 is 11.8 Å². The van der Waals surface area contributed by atoms with Crippen LogP contribution in [0.25, 0.3) is 0 Å². The van der Waals surface area contributed by atoms with E-state index in [4.69, 9.17) is 9.47 Å². The third-order valence-corrected chi connectivity index (χ3v) is 7.09. The minimum Gasteiger partial charge on any atom is -0.497 e. The number of amides is 1. The van der Waals surface area contributed by atoms with Crippen molar-refractivity contribution in [3.05, 3.63) is 70.6 Å². The van der Waals surface area contributed by atoms with Gasteiger partial charge in [0.1, 0.15) is 11.5 Å². The van der Waals surface area contributed by atoms with Gasteiger partial charge in [-0.2, -0.15) is 0 Å². The van der Waals surface area contributed by atoms with Gasteiger partial charge in [-0.25, -0.2) is 13.4 Å². The Morgan fingerprint density at radius 1 is 1.15 bits per heavy atom. The zero-order valence-electron chi connectivity index (χ0n) is 18.0. The number of hydrogen-bond donors (Lipinski definition) is 2. The fourth-order valence-corrected chi connectivity index (χ4v) is 4.71. The Labute approximate surface area is 195 Å². The van der Waals surface area contributed by atoms with Gasteiger partial charge in [0.05, 0.1) is 30.6 Å². The quantitative estimate of drug-likeness (QED) is 0.328. The molecule has 0 aliphatic heterocycles. The average molecular weight is 490 g/mol. The van der Waals surface area contributed by atoms with Crippen molar-refractivity contribution >= 4 is 27.5 Å². The lowest BCUT2D eigenvalue weighted by Crippen LogP contribution is -2.25. The largest absolute Gasteiger partial charge is 0.497 e. The van der Waals surface area contributed by atoms with E-state index in [0.29, 0.717) is 24.7 Å². The van der Waals surface area contributed by atoms with Gasteiger partial charge in [0.15, 0.2) is 10.1 Å². The summed E-state index contributed by atoms with van der Waals surface area (Å²) < 4.78 is 36.0. The minimum absolute atomic E-state index is 0.00209. The van der Waals surface area contributed by atoms with Crippen molar-refractivity contribution in [1.82, 2.24) is 15.3 Å². The Morgan fingerprint density at radius 3 is 2.58 bits per heavy atom. The van der Waals surface area contributed by atoms with E-state index in [1.54, 1.807) is 7.11 Å². The molecule has 1 aromatic heterocycles. The molecule has 0 bridgehead atoms. The Balaban J connectivity index is 1.61. The number of nitrogens with one attached hydrogen (secondary N) is 2. The summed E-state index contributed by atoms with van der Waals surface area (Å²) in [5.74, 6) is 0.951. The first kappa shape index (κ1) is 24.3. The molecule has 2 aromatic carbocycles. The number of sulfone groups is 1. The number of rotatable bonds is 10. The van der Waals surface area contributed by atoms with Gasteiger partial charge in [0, 0.05) is 6.54 Å². The number of aromatic amines is 1. The maximum Gasteiger partial charge on any atom is 0.270 e. The van der Waals surface area contributed by atoms with Crippen molar-refractivity contribution in [2.24, 2.45) is 0 Å². The lowest BCUT2D eigenvalue weighted by molar-refractivity contribution is -0.118. The lowest BCUT2D eigenvalue weighted by atomic mass is 10.2. The van der Waals surface area contributed by atoms with Crippen molar-refractivity contribution in [2.75, 3.05) is 19.5 Å². The molecule has 0 atom stereocenters. The highest BCUT2D eigenvalue weighted by atomic mass is 32.2. The molecule has 1 heterocycles. The molecule has 0 radical (unpaired) electrons. The van der Waals surface area contributed by atoms with E-state index < -0.39 is 20.3 Å². The predicted octanol–water partition coefficient (Wildman–Crippen LogP) is 2.42. The molecule has 0 aliphatic carbocycles. The zero-order valence-corrected chi connectivity index (χ0v) is 19.7. The number of aromatic nitrogens is 2. The second-order valence-electron chi connectivity index (χ2n) is 6.71. The number of H-pyrrole nitrogens is 1. The van der Waals surface area contributed by atoms with Crippen molar-refractivity contribution < 1.29 is 22.7 Å². The van der Waals surface area contributed by atoms with E-state index in [9.17, 15) is 18.0 Å². The van der Waals surface area contributed by atoms with Crippen LogP contribution in [0.15, 0.2) is 74.5 Å². The monoisotopic (exact) mass is 489 g/mol. The van der Waals surface area contributed by atoms with Crippen LogP contribution in [-0.2, 0) is 21.2 Å². The lowest BCUT2D eigenvalue weighted by Gasteiger charge is -2.08. The number of methoxy groups -OCH3 is 1. The summed E-state index contributed by atoms with van der Waals surface area (Å²) in [5.41, 5.74) is 0.0706. The van der Waals surface area contributed by atoms with Gasteiger partial charge in [-0.15, -0.1) is 0 Å².